The lowest BCUT2D eigenvalue weighted by atomic mass is 9.98. The Morgan fingerprint density at radius 1 is 1.42 bits per heavy atom. The number of anilines is 3. The molecule has 0 aromatic carbocycles. The van der Waals surface area contributed by atoms with Crippen molar-refractivity contribution in [3.63, 3.8) is 0 Å². The molecule has 6 N–H and O–H groups in total. The minimum atomic E-state index is -0.577. The van der Waals surface area contributed by atoms with Gasteiger partial charge in [0.05, 0.1) is 18.1 Å². The fourth-order valence-corrected chi connectivity index (χ4v) is 3.20. The van der Waals surface area contributed by atoms with Gasteiger partial charge in [-0.15, -0.1) is 0 Å². The van der Waals surface area contributed by atoms with Gasteiger partial charge in [-0.05, 0) is 41.2 Å². The Labute approximate surface area is 157 Å². The number of amides is 1. The van der Waals surface area contributed by atoms with Gasteiger partial charge in [-0.1, -0.05) is 0 Å². The highest BCUT2D eigenvalue weighted by molar-refractivity contribution is 9.10. The topological polar surface area (TPSA) is 156 Å². The standard InChI is InChI=1S/C15H19BrN8O2/c16-10-6-19-12(18)11(21-10)14(25)22-13-9(5-20-15(26)23-13)24-3-1-2-8(4-17)7-24/h5-6,8H,1-4,7,17H2,(H2,18,19)(H2,20,22,23,25,26). The van der Waals surface area contributed by atoms with Crippen LogP contribution in [0.15, 0.2) is 21.8 Å². The largest absolute Gasteiger partial charge is 0.382 e. The van der Waals surface area contributed by atoms with Crippen LogP contribution in [0.25, 0.3) is 0 Å². The maximum Gasteiger partial charge on any atom is 0.346 e. The van der Waals surface area contributed by atoms with E-state index in [2.05, 4.69) is 46.1 Å². The van der Waals surface area contributed by atoms with Crippen LogP contribution in [0.5, 0.6) is 0 Å². The highest BCUT2D eigenvalue weighted by Crippen LogP contribution is 2.27. The first-order valence-corrected chi connectivity index (χ1v) is 8.91. The molecule has 2 aromatic rings. The van der Waals surface area contributed by atoms with E-state index < -0.39 is 11.6 Å². The second-order valence-electron chi connectivity index (χ2n) is 6.02. The molecule has 11 heteroatoms. The summed E-state index contributed by atoms with van der Waals surface area (Å²) in [6.45, 7) is 2.09. The van der Waals surface area contributed by atoms with Crippen molar-refractivity contribution in [2.75, 3.05) is 35.6 Å². The fourth-order valence-electron chi connectivity index (χ4n) is 2.92. The maximum atomic E-state index is 12.6. The maximum absolute atomic E-state index is 12.6. The Bertz CT molecular complexity index is 871. The Morgan fingerprint density at radius 2 is 2.23 bits per heavy atom. The van der Waals surface area contributed by atoms with Gasteiger partial charge in [-0.2, -0.15) is 4.98 Å². The number of aromatic amines is 1. The van der Waals surface area contributed by atoms with Gasteiger partial charge >= 0.3 is 5.69 Å². The van der Waals surface area contributed by atoms with Crippen LogP contribution in [0.1, 0.15) is 23.3 Å². The van der Waals surface area contributed by atoms with Crippen LogP contribution < -0.4 is 27.4 Å². The third-order valence-corrected chi connectivity index (χ3v) is 4.59. The molecule has 0 saturated carbocycles. The van der Waals surface area contributed by atoms with Gasteiger partial charge < -0.3 is 21.7 Å². The Kier molecular flexibility index (Phi) is 5.47. The summed E-state index contributed by atoms with van der Waals surface area (Å²) in [6, 6.07) is 0. The van der Waals surface area contributed by atoms with Gasteiger partial charge in [0.1, 0.15) is 10.4 Å². The van der Waals surface area contributed by atoms with Crippen LogP contribution in [0, 0.1) is 5.92 Å². The molecule has 0 radical (unpaired) electrons. The number of rotatable bonds is 4. The molecule has 26 heavy (non-hydrogen) atoms. The highest BCUT2D eigenvalue weighted by atomic mass is 79.9. The van der Waals surface area contributed by atoms with Crippen LogP contribution in [0.3, 0.4) is 0 Å². The van der Waals surface area contributed by atoms with Gasteiger partial charge in [0.25, 0.3) is 5.91 Å². The molecule has 1 atom stereocenters. The molecule has 1 aliphatic rings. The molecule has 0 bridgehead atoms. The first kappa shape index (κ1) is 18.3. The Hall–Kier alpha value is -2.53. The zero-order valence-electron chi connectivity index (χ0n) is 13.9. The van der Waals surface area contributed by atoms with E-state index in [0.717, 1.165) is 25.9 Å². The molecular weight excluding hydrogens is 404 g/mol. The summed E-state index contributed by atoms with van der Waals surface area (Å²) < 4.78 is 0.377. The van der Waals surface area contributed by atoms with E-state index in [-0.39, 0.29) is 17.3 Å². The van der Waals surface area contributed by atoms with Gasteiger partial charge in [0.15, 0.2) is 11.5 Å². The average Bonchev–Trinajstić information content (AvgIpc) is 2.64. The third kappa shape index (κ3) is 3.99. The normalized spacial score (nSPS) is 17.2. The van der Waals surface area contributed by atoms with E-state index in [9.17, 15) is 9.59 Å². The lowest BCUT2D eigenvalue weighted by molar-refractivity contribution is 0.102. The molecule has 2 aromatic heterocycles. The van der Waals surface area contributed by atoms with E-state index in [4.69, 9.17) is 11.5 Å². The van der Waals surface area contributed by atoms with E-state index in [1.807, 2.05) is 0 Å². The highest BCUT2D eigenvalue weighted by Gasteiger charge is 2.23. The Morgan fingerprint density at radius 3 is 3.00 bits per heavy atom. The van der Waals surface area contributed by atoms with Crippen LogP contribution >= 0.6 is 15.9 Å². The lowest BCUT2D eigenvalue weighted by Crippen LogP contribution is -2.39. The first-order valence-electron chi connectivity index (χ1n) is 8.11. The minimum Gasteiger partial charge on any atom is -0.382 e. The molecule has 10 nitrogen and oxygen atoms in total. The van der Waals surface area contributed by atoms with Crippen molar-refractivity contribution in [1.82, 2.24) is 19.9 Å². The number of hydrogen-bond donors (Lipinski definition) is 4. The zero-order valence-corrected chi connectivity index (χ0v) is 15.5. The SMILES string of the molecule is NCC1CCCN(c2cnc(=O)[nH]c2NC(=O)c2nc(Br)cnc2N)C1. The number of halogens is 1. The van der Waals surface area contributed by atoms with Crippen molar-refractivity contribution < 1.29 is 4.79 Å². The van der Waals surface area contributed by atoms with Crippen LogP contribution in [-0.2, 0) is 0 Å². The average molecular weight is 423 g/mol. The summed E-state index contributed by atoms with van der Waals surface area (Å²) in [4.78, 5) is 40.6. The Balaban J connectivity index is 1.90. The molecule has 1 amide bonds. The van der Waals surface area contributed by atoms with Gasteiger partial charge in [-0.3, -0.25) is 9.78 Å². The smallest absolute Gasteiger partial charge is 0.346 e. The summed E-state index contributed by atoms with van der Waals surface area (Å²) in [5.41, 5.74) is 11.5. The monoisotopic (exact) mass is 422 g/mol. The number of nitrogen functional groups attached to an aromatic ring is 1. The third-order valence-electron chi connectivity index (χ3n) is 4.21. The van der Waals surface area contributed by atoms with Gasteiger partial charge in [0.2, 0.25) is 0 Å². The lowest BCUT2D eigenvalue weighted by Gasteiger charge is -2.34. The number of aromatic nitrogens is 4. The van der Waals surface area contributed by atoms with Crippen LogP contribution in [0.2, 0.25) is 0 Å². The quantitative estimate of drug-likeness (QED) is 0.548. The van der Waals surface area contributed by atoms with Crippen molar-refractivity contribution in [3.8, 4) is 0 Å². The molecule has 0 aliphatic carbocycles. The van der Waals surface area contributed by atoms with Gasteiger partial charge in [-0.25, -0.2) is 14.8 Å². The molecule has 3 rings (SSSR count). The van der Waals surface area contributed by atoms with Crippen LogP contribution in [-0.4, -0.2) is 45.5 Å². The summed E-state index contributed by atoms with van der Waals surface area (Å²) in [5, 5.41) is 2.66. The molecule has 1 aliphatic heterocycles. The number of carbonyl (C=O) groups excluding carboxylic acids is 1. The number of nitrogens with two attached hydrogens (primary N) is 2. The summed E-state index contributed by atoms with van der Waals surface area (Å²) in [5.74, 6) is 0.0104. The van der Waals surface area contributed by atoms with E-state index in [1.165, 1.54) is 12.4 Å². The second kappa shape index (κ2) is 7.79. The summed E-state index contributed by atoms with van der Waals surface area (Å²) in [7, 11) is 0. The van der Waals surface area contributed by atoms with E-state index in [0.29, 0.717) is 22.8 Å². The number of nitrogens with one attached hydrogen (secondary N) is 2. The van der Waals surface area contributed by atoms with Gasteiger partial charge in [0, 0.05) is 13.1 Å². The predicted molar refractivity (Wildman–Crippen MR) is 101 cm³/mol. The summed E-state index contributed by atoms with van der Waals surface area (Å²) >= 11 is 3.16. The number of piperidine rings is 1. The molecule has 1 fully saturated rings. The molecule has 1 saturated heterocycles. The number of H-pyrrole nitrogens is 1. The van der Waals surface area contributed by atoms with Crippen molar-refractivity contribution in [3.05, 3.63) is 33.2 Å². The molecular formula is C15H19BrN8O2. The fraction of sp³-hybridized carbons (Fsp3) is 0.400. The first-order chi connectivity index (χ1) is 12.5. The van der Waals surface area contributed by atoms with Crippen LogP contribution in [0.4, 0.5) is 17.3 Å². The number of hydrogen-bond acceptors (Lipinski definition) is 8. The van der Waals surface area contributed by atoms with Crippen molar-refractivity contribution in [2.24, 2.45) is 11.7 Å². The minimum absolute atomic E-state index is 0.00942. The zero-order chi connectivity index (χ0) is 18.7. The van der Waals surface area contributed by atoms with E-state index >= 15 is 0 Å². The molecule has 138 valence electrons. The second-order valence-corrected chi connectivity index (χ2v) is 6.83. The molecule has 0 spiro atoms. The number of nitrogens with zero attached hydrogens (tertiary/aromatic N) is 4. The van der Waals surface area contributed by atoms with E-state index in [1.54, 1.807) is 0 Å². The predicted octanol–water partition coefficient (Wildman–Crippen LogP) is 0.332. The summed E-state index contributed by atoms with van der Waals surface area (Å²) in [6.07, 6.45) is 4.86. The molecule has 3 heterocycles. The van der Waals surface area contributed by atoms with Crippen molar-refractivity contribution in [1.29, 1.82) is 0 Å². The van der Waals surface area contributed by atoms with Crippen molar-refractivity contribution in [2.45, 2.75) is 12.8 Å². The van der Waals surface area contributed by atoms with Crippen molar-refractivity contribution >= 4 is 39.2 Å². The molecule has 1 unspecified atom stereocenters. The number of carbonyl (C=O) groups is 1.